The highest BCUT2D eigenvalue weighted by atomic mass is 32.2. The SMILES string of the molecule is CS(=O)(=O)n1cc2c(n1)CN(C1CC(N)C(c3cc(F)ccc3F)C3CC31)C2. The molecule has 2 aromatic rings. The Morgan fingerprint density at radius 1 is 1.18 bits per heavy atom. The molecular weight excluding hydrogens is 386 g/mol. The predicted octanol–water partition coefficient (Wildman–Crippen LogP) is 1.80. The molecule has 5 atom stereocenters. The lowest BCUT2D eigenvalue weighted by atomic mass is 9.77. The van der Waals surface area contributed by atoms with Crippen LogP contribution >= 0.6 is 0 Å². The van der Waals surface area contributed by atoms with Crippen LogP contribution < -0.4 is 5.73 Å². The fourth-order valence-electron chi connectivity index (χ4n) is 5.22. The Morgan fingerprint density at radius 2 is 1.96 bits per heavy atom. The Morgan fingerprint density at radius 3 is 2.68 bits per heavy atom. The smallest absolute Gasteiger partial charge is 0.250 e. The maximum absolute atomic E-state index is 14.3. The van der Waals surface area contributed by atoms with Gasteiger partial charge in [0.1, 0.15) is 11.6 Å². The zero-order valence-electron chi connectivity index (χ0n) is 15.4. The molecule has 5 unspecified atom stereocenters. The average Bonchev–Trinajstić information content (AvgIpc) is 3.11. The fraction of sp³-hybridized carbons (Fsp3) is 0.526. The van der Waals surface area contributed by atoms with Crippen LogP contribution in [0.2, 0.25) is 0 Å². The second-order valence-electron chi connectivity index (χ2n) is 8.36. The Balaban J connectivity index is 1.34. The molecule has 150 valence electrons. The zero-order chi connectivity index (χ0) is 19.8. The molecule has 5 rings (SSSR count). The largest absolute Gasteiger partial charge is 0.327 e. The lowest BCUT2D eigenvalue weighted by molar-refractivity contribution is 0.125. The van der Waals surface area contributed by atoms with Crippen molar-refractivity contribution >= 4 is 10.0 Å². The van der Waals surface area contributed by atoms with Crippen molar-refractivity contribution in [2.45, 2.75) is 43.9 Å². The topological polar surface area (TPSA) is 81.2 Å². The van der Waals surface area contributed by atoms with Gasteiger partial charge in [0.15, 0.2) is 0 Å². The standard InChI is InChI=1S/C19H22F2N4O2S/c1-28(26,27)25-8-10-7-24(9-17(10)23-25)18-6-16(22)19(13-5-12(13)18)14-4-11(20)2-3-15(14)21/h2-4,8,12-13,16,18-19H,5-7,9,22H2,1H3. The van der Waals surface area contributed by atoms with Gasteiger partial charge in [-0.05, 0) is 48.4 Å². The molecule has 28 heavy (non-hydrogen) atoms. The fourth-order valence-corrected chi connectivity index (χ4v) is 5.78. The highest BCUT2D eigenvalue weighted by Crippen LogP contribution is 2.58. The van der Waals surface area contributed by atoms with Crippen molar-refractivity contribution in [1.29, 1.82) is 0 Å². The number of aromatic nitrogens is 2. The number of nitrogens with two attached hydrogens (primary N) is 1. The molecule has 0 spiro atoms. The van der Waals surface area contributed by atoms with Crippen LogP contribution in [0, 0.1) is 23.5 Å². The van der Waals surface area contributed by atoms with Gasteiger partial charge in [0.2, 0.25) is 0 Å². The maximum Gasteiger partial charge on any atom is 0.250 e. The van der Waals surface area contributed by atoms with Crippen molar-refractivity contribution in [3.05, 3.63) is 52.9 Å². The van der Waals surface area contributed by atoms with E-state index in [1.165, 1.54) is 12.1 Å². The van der Waals surface area contributed by atoms with E-state index in [2.05, 4.69) is 10.00 Å². The third kappa shape index (κ3) is 2.87. The molecule has 9 heteroatoms. The summed E-state index contributed by atoms with van der Waals surface area (Å²) < 4.78 is 52.3. The molecule has 0 bridgehead atoms. The lowest BCUT2D eigenvalue weighted by Gasteiger charge is -2.38. The number of hydrogen-bond donors (Lipinski definition) is 1. The van der Waals surface area contributed by atoms with E-state index in [4.69, 9.17) is 5.73 Å². The van der Waals surface area contributed by atoms with Crippen LogP contribution in [0.3, 0.4) is 0 Å². The minimum atomic E-state index is -3.38. The van der Waals surface area contributed by atoms with Gasteiger partial charge in [-0.1, -0.05) is 0 Å². The number of fused-ring (bicyclic) bond motifs is 2. The molecule has 2 N–H and O–H groups in total. The van der Waals surface area contributed by atoms with E-state index in [1.807, 2.05) is 0 Å². The second kappa shape index (κ2) is 6.08. The van der Waals surface area contributed by atoms with Gasteiger partial charge in [-0.25, -0.2) is 17.2 Å². The van der Waals surface area contributed by atoms with Gasteiger partial charge in [-0.2, -0.15) is 9.19 Å². The summed E-state index contributed by atoms with van der Waals surface area (Å²) in [5.74, 6) is -0.318. The summed E-state index contributed by atoms with van der Waals surface area (Å²) in [4.78, 5) is 2.30. The van der Waals surface area contributed by atoms with Crippen molar-refractivity contribution in [3.63, 3.8) is 0 Å². The van der Waals surface area contributed by atoms with Crippen LogP contribution in [-0.2, 0) is 23.1 Å². The molecule has 3 aliphatic rings. The molecule has 0 saturated heterocycles. The van der Waals surface area contributed by atoms with Gasteiger partial charge in [-0.3, -0.25) is 4.90 Å². The van der Waals surface area contributed by atoms with Crippen LogP contribution in [0.25, 0.3) is 0 Å². The van der Waals surface area contributed by atoms with Gasteiger partial charge < -0.3 is 5.73 Å². The third-order valence-electron chi connectivity index (χ3n) is 6.53. The van der Waals surface area contributed by atoms with Crippen LogP contribution in [0.4, 0.5) is 8.78 Å². The lowest BCUT2D eigenvalue weighted by Crippen LogP contribution is -2.45. The first kappa shape index (κ1) is 18.2. The van der Waals surface area contributed by atoms with E-state index in [0.717, 1.165) is 34.1 Å². The molecule has 1 aromatic carbocycles. The normalized spacial score (nSPS) is 32.2. The van der Waals surface area contributed by atoms with Crippen molar-refractivity contribution in [2.24, 2.45) is 17.6 Å². The number of nitrogens with zero attached hydrogens (tertiary/aromatic N) is 3. The summed E-state index contributed by atoms with van der Waals surface area (Å²) in [6.45, 7) is 1.24. The van der Waals surface area contributed by atoms with E-state index in [0.29, 0.717) is 31.0 Å². The minimum Gasteiger partial charge on any atom is -0.327 e. The summed E-state index contributed by atoms with van der Waals surface area (Å²) >= 11 is 0. The average molecular weight is 408 g/mol. The van der Waals surface area contributed by atoms with Crippen molar-refractivity contribution < 1.29 is 17.2 Å². The first-order valence-electron chi connectivity index (χ1n) is 9.45. The van der Waals surface area contributed by atoms with Crippen LogP contribution in [0.15, 0.2) is 24.4 Å². The van der Waals surface area contributed by atoms with Crippen LogP contribution in [-0.4, -0.2) is 40.8 Å². The first-order chi connectivity index (χ1) is 13.2. The van der Waals surface area contributed by atoms with E-state index in [-0.39, 0.29) is 29.7 Å². The van der Waals surface area contributed by atoms with Crippen molar-refractivity contribution in [2.75, 3.05) is 6.26 Å². The van der Waals surface area contributed by atoms with Gasteiger partial charge in [0.25, 0.3) is 10.0 Å². The van der Waals surface area contributed by atoms with Gasteiger partial charge in [0, 0.05) is 42.9 Å². The van der Waals surface area contributed by atoms with E-state index in [1.54, 1.807) is 6.20 Å². The summed E-state index contributed by atoms with van der Waals surface area (Å²) in [5, 5.41) is 4.21. The molecule has 6 nitrogen and oxygen atoms in total. The number of rotatable bonds is 3. The van der Waals surface area contributed by atoms with Crippen LogP contribution in [0.5, 0.6) is 0 Å². The molecule has 0 amide bonds. The quantitative estimate of drug-likeness (QED) is 0.838. The van der Waals surface area contributed by atoms with Crippen molar-refractivity contribution in [1.82, 2.24) is 14.1 Å². The highest BCUT2D eigenvalue weighted by molar-refractivity contribution is 7.89. The third-order valence-corrected chi connectivity index (χ3v) is 7.40. The summed E-state index contributed by atoms with van der Waals surface area (Å²) in [6, 6.07) is 3.62. The van der Waals surface area contributed by atoms with Gasteiger partial charge >= 0.3 is 0 Å². The van der Waals surface area contributed by atoms with Gasteiger partial charge in [0.05, 0.1) is 11.9 Å². The molecule has 1 aliphatic heterocycles. The number of halogens is 2. The summed E-state index contributed by atoms with van der Waals surface area (Å²) in [5.41, 5.74) is 8.56. The maximum atomic E-state index is 14.3. The molecular formula is C19H22F2N4O2S. The van der Waals surface area contributed by atoms with E-state index in [9.17, 15) is 17.2 Å². The number of hydrogen-bond acceptors (Lipinski definition) is 5. The van der Waals surface area contributed by atoms with E-state index >= 15 is 0 Å². The van der Waals surface area contributed by atoms with Crippen LogP contribution in [0.1, 0.15) is 35.6 Å². The summed E-state index contributed by atoms with van der Waals surface area (Å²) in [6.07, 6.45) is 4.38. The Kier molecular flexibility index (Phi) is 3.95. The second-order valence-corrected chi connectivity index (χ2v) is 10.2. The monoisotopic (exact) mass is 408 g/mol. The minimum absolute atomic E-state index is 0.156. The Labute approximate surface area is 162 Å². The molecule has 2 aliphatic carbocycles. The van der Waals surface area contributed by atoms with Gasteiger partial charge in [-0.15, -0.1) is 0 Å². The molecule has 2 heterocycles. The highest BCUT2D eigenvalue weighted by Gasteiger charge is 2.56. The number of benzene rings is 1. The Hall–Kier alpha value is -1.84. The Bertz CT molecular complexity index is 1030. The molecule has 2 saturated carbocycles. The van der Waals surface area contributed by atoms with Crippen molar-refractivity contribution in [3.8, 4) is 0 Å². The summed E-state index contributed by atoms with van der Waals surface area (Å²) in [7, 11) is -3.38. The first-order valence-corrected chi connectivity index (χ1v) is 11.3. The zero-order valence-corrected chi connectivity index (χ0v) is 16.2. The molecule has 0 radical (unpaired) electrons. The molecule has 2 fully saturated rings. The predicted molar refractivity (Wildman–Crippen MR) is 98.8 cm³/mol. The van der Waals surface area contributed by atoms with E-state index < -0.39 is 15.8 Å². The molecule has 1 aromatic heterocycles.